The van der Waals surface area contributed by atoms with E-state index in [9.17, 15) is 9.59 Å². The fourth-order valence-corrected chi connectivity index (χ4v) is 4.86. The van der Waals surface area contributed by atoms with E-state index in [4.69, 9.17) is 8.83 Å². The summed E-state index contributed by atoms with van der Waals surface area (Å²) in [5.41, 5.74) is 4.81. The van der Waals surface area contributed by atoms with Gasteiger partial charge in [0.2, 0.25) is 5.91 Å². The Labute approximate surface area is 170 Å². The normalized spacial score (nSPS) is 16.7. The van der Waals surface area contributed by atoms with Gasteiger partial charge >= 0.3 is 5.63 Å². The molecular weight excluding hydrogens is 386 g/mol. The molecule has 0 spiro atoms. The van der Waals surface area contributed by atoms with Crippen molar-refractivity contribution in [2.75, 3.05) is 10.7 Å². The Morgan fingerprint density at radius 2 is 1.83 bits per heavy atom. The lowest BCUT2D eigenvalue weighted by Gasteiger charge is -2.24. The summed E-state index contributed by atoms with van der Waals surface area (Å²) in [5.74, 6) is 0.442. The minimum atomic E-state index is -0.388. The first kappa shape index (κ1) is 17.8. The zero-order chi connectivity index (χ0) is 20.0. The molecule has 1 amide bonds. The van der Waals surface area contributed by atoms with Crippen LogP contribution in [0.5, 0.6) is 0 Å². The topological polar surface area (TPSA) is 63.7 Å². The fraction of sp³-hybridized carbons (Fsp3) is 0.130. The van der Waals surface area contributed by atoms with Crippen LogP contribution in [0.15, 0.2) is 80.8 Å². The molecule has 5 nitrogen and oxygen atoms in total. The highest BCUT2D eigenvalue weighted by atomic mass is 32.2. The summed E-state index contributed by atoms with van der Waals surface area (Å²) < 4.78 is 10.5. The number of furan rings is 1. The number of anilines is 1. The fourth-order valence-electron chi connectivity index (χ4n) is 3.68. The van der Waals surface area contributed by atoms with Gasteiger partial charge in [0.05, 0.1) is 18.3 Å². The molecular formula is C23H17NO4S. The van der Waals surface area contributed by atoms with Crippen LogP contribution in [-0.2, 0) is 4.79 Å². The monoisotopic (exact) mass is 403 g/mol. The number of hydrogen-bond donors (Lipinski definition) is 0. The largest absolute Gasteiger partial charge is 0.472 e. The van der Waals surface area contributed by atoms with Crippen LogP contribution in [0.25, 0.3) is 22.1 Å². The molecule has 6 heteroatoms. The van der Waals surface area contributed by atoms with E-state index in [1.165, 1.54) is 6.07 Å². The van der Waals surface area contributed by atoms with Crippen molar-refractivity contribution >= 4 is 34.3 Å². The van der Waals surface area contributed by atoms with Crippen LogP contribution in [0.1, 0.15) is 16.5 Å². The first-order valence-electron chi connectivity index (χ1n) is 9.21. The predicted octanol–water partition coefficient (Wildman–Crippen LogP) is 5.14. The van der Waals surface area contributed by atoms with Crippen molar-refractivity contribution in [2.24, 2.45) is 0 Å². The highest BCUT2D eigenvalue weighted by molar-refractivity contribution is 8.00. The second-order valence-electron chi connectivity index (χ2n) is 6.99. The van der Waals surface area contributed by atoms with Crippen LogP contribution < -0.4 is 10.5 Å². The van der Waals surface area contributed by atoms with E-state index in [1.54, 1.807) is 35.3 Å². The number of fused-ring (bicyclic) bond motifs is 1. The van der Waals surface area contributed by atoms with Gasteiger partial charge in [0.1, 0.15) is 11.0 Å². The second-order valence-corrected chi connectivity index (χ2v) is 8.06. The van der Waals surface area contributed by atoms with E-state index in [0.29, 0.717) is 11.3 Å². The van der Waals surface area contributed by atoms with Crippen LogP contribution >= 0.6 is 11.8 Å². The summed E-state index contributed by atoms with van der Waals surface area (Å²) in [6.45, 7) is 1.88. The molecule has 0 radical (unpaired) electrons. The maximum absolute atomic E-state index is 12.7. The third kappa shape index (κ3) is 3.15. The summed E-state index contributed by atoms with van der Waals surface area (Å²) in [4.78, 5) is 26.2. The van der Waals surface area contributed by atoms with E-state index in [0.717, 1.165) is 33.3 Å². The standard InChI is InChI=1S/C23H17NO4S/c1-14-10-22(26)28-20-11-18(6-7-19(14)20)24-21(25)13-29-23(24)16-4-2-15(3-5-16)17-8-9-27-12-17/h2-12,23H,13H2,1H3. The number of carbonyl (C=O) groups is 1. The maximum atomic E-state index is 12.7. The molecule has 1 fully saturated rings. The highest BCUT2D eigenvalue weighted by Gasteiger charge is 2.34. The van der Waals surface area contributed by atoms with Crippen LogP contribution in [0.4, 0.5) is 5.69 Å². The lowest BCUT2D eigenvalue weighted by molar-refractivity contribution is -0.115. The van der Waals surface area contributed by atoms with Gasteiger partial charge in [-0.3, -0.25) is 9.69 Å². The quantitative estimate of drug-likeness (QED) is 0.443. The summed E-state index contributed by atoms with van der Waals surface area (Å²) in [7, 11) is 0. The Morgan fingerprint density at radius 1 is 1.00 bits per heavy atom. The summed E-state index contributed by atoms with van der Waals surface area (Å²) in [5, 5.41) is 0.739. The molecule has 2 aromatic carbocycles. The van der Waals surface area contributed by atoms with Crippen LogP contribution in [0, 0.1) is 6.92 Å². The van der Waals surface area contributed by atoms with Crippen LogP contribution in [0.3, 0.4) is 0 Å². The number of rotatable bonds is 3. The molecule has 0 bridgehead atoms. The van der Waals surface area contributed by atoms with Crippen LogP contribution in [-0.4, -0.2) is 11.7 Å². The molecule has 0 aliphatic carbocycles. The molecule has 5 rings (SSSR count). The van der Waals surface area contributed by atoms with Crippen molar-refractivity contribution in [3.63, 3.8) is 0 Å². The molecule has 144 valence electrons. The van der Waals surface area contributed by atoms with E-state index in [1.807, 2.05) is 49.4 Å². The zero-order valence-electron chi connectivity index (χ0n) is 15.6. The third-order valence-corrected chi connectivity index (χ3v) is 6.34. The smallest absolute Gasteiger partial charge is 0.336 e. The van der Waals surface area contributed by atoms with Crippen LogP contribution in [0.2, 0.25) is 0 Å². The van der Waals surface area contributed by atoms with Gasteiger partial charge in [-0.25, -0.2) is 4.79 Å². The van der Waals surface area contributed by atoms with E-state index < -0.39 is 0 Å². The second kappa shape index (κ2) is 6.97. The molecule has 1 aliphatic rings. The highest BCUT2D eigenvalue weighted by Crippen LogP contribution is 2.42. The van der Waals surface area contributed by atoms with Crippen molar-refractivity contribution in [3.05, 3.63) is 88.7 Å². The number of aryl methyl sites for hydroxylation is 1. The van der Waals surface area contributed by atoms with Gasteiger partial charge in [-0.1, -0.05) is 24.3 Å². The zero-order valence-corrected chi connectivity index (χ0v) is 16.4. The molecule has 0 saturated carbocycles. The van der Waals surface area contributed by atoms with Gasteiger partial charge < -0.3 is 8.83 Å². The SMILES string of the molecule is Cc1cc(=O)oc2cc(N3C(=O)CSC3c3ccc(-c4ccoc4)cc3)ccc12. The molecule has 1 aliphatic heterocycles. The van der Waals surface area contributed by atoms with E-state index in [-0.39, 0.29) is 16.9 Å². The number of benzene rings is 2. The van der Waals surface area contributed by atoms with Gasteiger partial charge in [-0.15, -0.1) is 11.8 Å². The van der Waals surface area contributed by atoms with Crippen molar-refractivity contribution in [1.29, 1.82) is 0 Å². The lowest BCUT2D eigenvalue weighted by atomic mass is 10.1. The molecule has 4 aromatic rings. The average Bonchev–Trinajstić information content (AvgIpc) is 3.37. The maximum Gasteiger partial charge on any atom is 0.336 e. The minimum Gasteiger partial charge on any atom is -0.472 e. The number of thioether (sulfide) groups is 1. The molecule has 0 N–H and O–H groups in total. The Bertz CT molecular complexity index is 1260. The number of hydrogen-bond acceptors (Lipinski definition) is 5. The number of nitrogens with zero attached hydrogens (tertiary/aromatic N) is 1. The van der Waals surface area contributed by atoms with Crippen molar-refractivity contribution in [3.8, 4) is 11.1 Å². The minimum absolute atomic E-state index is 0.0354. The summed E-state index contributed by atoms with van der Waals surface area (Å²) in [6, 6.07) is 17.1. The third-order valence-electron chi connectivity index (χ3n) is 5.13. The van der Waals surface area contributed by atoms with Gasteiger partial charge in [0, 0.05) is 28.8 Å². The molecule has 2 aromatic heterocycles. The van der Waals surface area contributed by atoms with Gasteiger partial charge in [-0.05, 0) is 41.8 Å². The van der Waals surface area contributed by atoms with Gasteiger partial charge in [-0.2, -0.15) is 0 Å². The number of amides is 1. The molecule has 3 heterocycles. The molecule has 1 atom stereocenters. The number of carbonyl (C=O) groups excluding carboxylic acids is 1. The van der Waals surface area contributed by atoms with Gasteiger partial charge in [0.25, 0.3) is 0 Å². The first-order chi connectivity index (χ1) is 14.1. The Balaban J connectivity index is 1.52. The van der Waals surface area contributed by atoms with Gasteiger partial charge in [0.15, 0.2) is 0 Å². The molecule has 1 unspecified atom stereocenters. The Hall–Kier alpha value is -3.25. The molecule has 29 heavy (non-hydrogen) atoms. The Kier molecular flexibility index (Phi) is 4.28. The van der Waals surface area contributed by atoms with E-state index >= 15 is 0 Å². The summed E-state index contributed by atoms with van der Waals surface area (Å²) >= 11 is 1.59. The van der Waals surface area contributed by atoms with Crippen molar-refractivity contribution < 1.29 is 13.6 Å². The summed E-state index contributed by atoms with van der Waals surface area (Å²) in [6.07, 6.45) is 3.36. The van der Waals surface area contributed by atoms with E-state index in [2.05, 4.69) is 0 Å². The molecule has 1 saturated heterocycles. The lowest BCUT2D eigenvalue weighted by Crippen LogP contribution is -2.27. The Morgan fingerprint density at radius 3 is 2.59 bits per heavy atom. The average molecular weight is 403 g/mol. The van der Waals surface area contributed by atoms with Crippen molar-refractivity contribution in [1.82, 2.24) is 0 Å². The predicted molar refractivity (Wildman–Crippen MR) is 114 cm³/mol. The van der Waals surface area contributed by atoms with Crippen molar-refractivity contribution in [2.45, 2.75) is 12.3 Å². The first-order valence-corrected chi connectivity index (χ1v) is 10.3.